The van der Waals surface area contributed by atoms with E-state index in [1.54, 1.807) is 14.2 Å². The standard InChI is InChI=1S/C21H24N4O3S2/c1-14(19(26)22-13-12-15-8-10-16(27-2)11-9-15)29-21-25-24-20(30-21)23-17-6-4-5-7-18(17)28-3/h4-11,14H,12-13H2,1-3H3,(H,22,26)(H,23,24). The number of thioether (sulfide) groups is 1. The molecule has 1 amide bonds. The Hall–Kier alpha value is -2.78. The van der Waals surface area contributed by atoms with Gasteiger partial charge in [-0.1, -0.05) is 47.4 Å². The summed E-state index contributed by atoms with van der Waals surface area (Å²) in [4.78, 5) is 12.4. The summed E-state index contributed by atoms with van der Waals surface area (Å²) in [7, 11) is 3.26. The molecule has 1 unspecified atom stereocenters. The second-order valence-electron chi connectivity index (χ2n) is 6.35. The second-order valence-corrected chi connectivity index (χ2v) is 8.91. The SMILES string of the molecule is COc1ccc(CCNC(=O)C(C)Sc2nnc(Nc3ccccc3OC)s2)cc1. The molecule has 2 N–H and O–H groups in total. The first-order valence-electron chi connectivity index (χ1n) is 9.40. The number of rotatable bonds is 10. The van der Waals surface area contributed by atoms with Gasteiger partial charge in [-0.2, -0.15) is 0 Å². The molecular weight excluding hydrogens is 420 g/mol. The van der Waals surface area contributed by atoms with E-state index in [1.807, 2.05) is 55.5 Å². The van der Waals surface area contributed by atoms with Crippen LogP contribution in [0.3, 0.4) is 0 Å². The van der Waals surface area contributed by atoms with Gasteiger partial charge >= 0.3 is 0 Å². The topological polar surface area (TPSA) is 85.4 Å². The summed E-state index contributed by atoms with van der Waals surface area (Å²) in [6, 6.07) is 15.4. The molecule has 3 rings (SSSR count). The lowest BCUT2D eigenvalue weighted by Gasteiger charge is -2.10. The maximum absolute atomic E-state index is 12.4. The quantitative estimate of drug-likeness (QED) is 0.455. The number of aromatic nitrogens is 2. The molecule has 0 aliphatic carbocycles. The first-order valence-corrected chi connectivity index (χ1v) is 11.1. The summed E-state index contributed by atoms with van der Waals surface area (Å²) >= 11 is 2.79. The number of nitrogens with one attached hydrogen (secondary N) is 2. The van der Waals surface area contributed by atoms with Crippen molar-refractivity contribution in [2.45, 2.75) is 22.9 Å². The highest BCUT2D eigenvalue weighted by Crippen LogP contribution is 2.32. The fourth-order valence-corrected chi connectivity index (χ4v) is 4.57. The van der Waals surface area contributed by atoms with Crippen LogP contribution in [0.4, 0.5) is 10.8 Å². The van der Waals surface area contributed by atoms with Gasteiger partial charge in [0.2, 0.25) is 11.0 Å². The molecule has 1 aromatic heterocycles. The van der Waals surface area contributed by atoms with E-state index in [1.165, 1.54) is 23.1 Å². The van der Waals surface area contributed by atoms with E-state index in [4.69, 9.17) is 9.47 Å². The third-order valence-corrected chi connectivity index (χ3v) is 6.30. The number of carbonyl (C=O) groups excluding carboxylic acids is 1. The summed E-state index contributed by atoms with van der Waals surface area (Å²) < 4.78 is 11.2. The van der Waals surface area contributed by atoms with E-state index in [2.05, 4.69) is 20.8 Å². The smallest absolute Gasteiger partial charge is 0.233 e. The molecule has 0 spiro atoms. The molecule has 158 valence electrons. The van der Waals surface area contributed by atoms with Crippen molar-refractivity contribution >= 4 is 39.8 Å². The van der Waals surface area contributed by atoms with Gasteiger partial charge in [-0.15, -0.1) is 10.2 Å². The van der Waals surface area contributed by atoms with Gasteiger partial charge in [-0.05, 0) is 43.2 Å². The van der Waals surface area contributed by atoms with Crippen LogP contribution in [0.2, 0.25) is 0 Å². The molecule has 0 aliphatic heterocycles. The number of hydrogen-bond acceptors (Lipinski definition) is 8. The van der Waals surface area contributed by atoms with Gasteiger partial charge in [-0.3, -0.25) is 4.79 Å². The van der Waals surface area contributed by atoms with Crippen molar-refractivity contribution in [3.63, 3.8) is 0 Å². The van der Waals surface area contributed by atoms with Crippen molar-refractivity contribution in [2.24, 2.45) is 0 Å². The van der Waals surface area contributed by atoms with Crippen LogP contribution < -0.4 is 20.1 Å². The molecule has 1 heterocycles. The van der Waals surface area contributed by atoms with E-state index >= 15 is 0 Å². The van der Waals surface area contributed by atoms with Crippen molar-refractivity contribution < 1.29 is 14.3 Å². The molecule has 0 fully saturated rings. The monoisotopic (exact) mass is 444 g/mol. The molecular formula is C21H24N4O3S2. The number of amides is 1. The maximum Gasteiger partial charge on any atom is 0.233 e. The lowest BCUT2D eigenvalue weighted by Crippen LogP contribution is -2.32. The fraction of sp³-hybridized carbons (Fsp3) is 0.286. The molecule has 0 aliphatic rings. The summed E-state index contributed by atoms with van der Waals surface area (Å²) in [5, 5.41) is 14.9. The maximum atomic E-state index is 12.4. The van der Waals surface area contributed by atoms with Gasteiger partial charge in [0.1, 0.15) is 11.5 Å². The van der Waals surface area contributed by atoms with Crippen LogP contribution >= 0.6 is 23.1 Å². The summed E-state index contributed by atoms with van der Waals surface area (Å²) in [5.74, 6) is 1.53. The van der Waals surface area contributed by atoms with Gasteiger partial charge < -0.3 is 20.1 Å². The Morgan fingerprint density at radius 1 is 1.10 bits per heavy atom. The normalized spacial score (nSPS) is 11.6. The van der Waals surface area contributed by atoms with E-state index in [0.29, 0.717) is 11.7 Å². The van der Waals surface area contributed by atoms with Crippen molar-refractivity contribution in [1.29, 1.82) is 0 Å². The number of nitrogens with zero attached hydrogens (tertiary/aromatic N) is 2. The molecule has 0 saturated heterocycles. The molecule has 0 saturated carbocycles. The second kappa shape index (κ2) is 10.8. The van der Waals surface area contributed by atoms with E-state index in [-0.39, 0.29) is 11.2 Å². The minimum Gasteiger partial charge on any atom is -0.497 e. The number of hydrogen-bond donors (Lipinski definition) is 2. The van der Waals surface area contributed by atoms with E-state index in [9.17, 15) is 4.79 Å². The molecule has 0 radical (unpaired) electrons. The zero-order valence-electron chi connectivity index (χ0n) is 17.0. The molecule has 30 heavy (non-hydrogen) atoms. The van der Waals surface area contributed by atoms with Crippen LogP contribution in [0, 0.1) is 0 Å². The third-order valence-electron chi connectivity index (χ3n) is 4.27. The number of para-hydroxylation sites is 2. The highest BCUT2D eigenvalue weighted by molar-refractivity contribution is 8.02. The van der Waals surface area contributed by atoms with Crippen LogP contribution in [0.5, 0.6) is 11.5 Å². The molecule has 9 heteroatoms. The first-order chi connectivity index (χ1) is 14.6. The van der Waals surface area contributed by atoms with Crippen LogP contribution in [0.1, 0.15) is 12.5 Å². The predicted molar refractivity (Wildman–Crippen MR) is 121 cm³/mol. The van der Waals surface area contributed by atoms with Crippen LogP contribution in [0.15, 0.2) is 52.9 Å². The largest absolute Gasteiger partial charge is 0.497 e. The van der Waals surface area contributed by atoms with Gasteiger partial charge in [0.25, 0.3) is 0 Å². The number of anilines is 2. The Balaban J connectivity index is 1.47. The Kier molecular flexibility index (Phi) is 7.92. The number of benzene rings is 2. The third kappa shape index (κ3) is 6.11. The van der Waals surface area contributed by atoms with Crippen molar-refractivity contribution in [3.8, 4) is 11.5 Å². The van der Waals surface area contributed by atoms with Gasteiger partial charge in [-0.25, -0.2) is 0 Å². The van der Waals surface area contributed by atoms with Gasteiger partial charge in [0, 0.05) is 6.54 Å². The average molecular weight is 445 g/mol. The minimum atomic E-state index is -0.270. The molecule has 0 bridgehead atoms. The Bertz CT molecular complexity index is 963. The predicted octanol–water partition coefficient (Wildman–Crippen LogP) is 4.14. The van der Waals surface area contributed by atoms with Crippen LogP contribution in [0.25, 0.3) is 0 Å². The van der Waals surface area contributed by atoms with Gasteiger partial charge in [0.15, 0.2) is 4.34 Å². The summed E-state index contributed by atoms with van der Waals surface area (Å²) in [6.45, 7) is 2.44. The summed E-state index contributed by atoms with van der Waals surface area (Å²) in [6.07, 6.45) is 0.763. The number of carbonyl (C=O) groups is 1. The lowest BCUT2D eigenvalue weighted by atomic mass is 10.1. The first kappa shape index (κ1) is 21.9. The Morgan fingerprint density at radius 2 is 1.87 bits per heavy atom. The van der Waals surface area contributed by atoms with Crippen LogP contribution in [-0.4, -0.2) is 42.1 Å². The summed E-state index contributed by atoms with van der Waals surface area (Å²) in [5.41, 5.74) is 1.96. The van der Waals surface area contributed by atoms with Crippen molar-refractivity contribution in [3.05, 3.63) is 54.1 Å². The van der Waals surface area contributed by atoms with Crippen molar-refractivity contribution in [2.75, 3.05) is 26.1 Å². The van der Waals surface area contributed by atoms with E-state index < -0.39 is 0 Å². The zero-order valence-corrected chi connectivity index (χ0v) is 18.7. The highest BCUT2D eigenvalue weighted by Gasteiger charge is 2.17. The van der Waals surface area contributed by atoms with Crippen molar-refractivity contribution in [1.82, 2.24) is 15.5 Å². The molecule has 3 aromatic rings. The highest BCUT2D eigenvalue weighted by atomic mass is 32.2. The number of methoxy groups -OCH3 is 2. The Morgan fingerprint density at radius 3 is 2.60 bits per heavy atom. The fourth-order valence-electron chi connectivity index (χ4n) is 2.64. The number of ether oxygens (including phenoxy) is 2. The molecule has 7 nitrogen and oxygen atoms in total. The molecule has 2 aromatic carbocycles. The van der Waals surface area contributed by atoms with E-state index in [0.717, 1.165) is 33.5 Å². The average Bonchev–Trinajstić information content (AvgIpc) is 3.21. The minimum absolute atomic E-state index is 0.0250. The Labute approximate surface area is 184 Å². The lowest BCUT2D eigenvalue weighted by molar-refractivity contribution is -0.120. The zero-order chi connectivity index (χ0) is 21.3. The molecule has 1 atom stereocenters. The van der Waals surface area contributed by atoms with Crippen LogP contribution in [-0.2, 0) is 11.2 Å². The van der Waals surface area contributed by atoms with Gasteiger partial charge in [0.05, 0.1) is 25.2 Å².